The van der Waals surface area contributed by atoms with Crippen LogP contribution < -0.4 is 14.4 Å². The number of aryl methyl sites for hydroxylation is 1. The summed E-state index contributed by atoms with van der Waals surface area (Å²) >= 11 is 0. The van der Waals surface area contributed by atoms with E-state index in [0.29, 0.717) is 23.2 Å². The highest BCUT2D eigenvalue weighted by atomic mass is 16.5. The number of methoxy groups -OCH3 is 2. The molecule has 8 heteroatoms. The average molecular weight is 493 g/mol. The zero-order valence-corrected chi connectivity index (χ0v) is 21.9. The fraction of sp³-hybridized carbons (Fsp3) is 0.464. The molecule has 2 unspecified atom stereocenters. The van der Waals surface area contributed by atoms with E-state index in [-0.39, 0.29) is 24.4 Å². The van der Waals surface area contributed by atoms with Crippen molar-refractivity contribution in [1.29, 1.82) is 0 Å². The SMILES string of the molecule is CCC(C)N(Cc1nc(-c2ccc(OC)c(OC)c2)no1)C(=O)C1CCCN(c2ccc(C)cc2)C1. The van der Waals surface area contributed by atoms with E-state index in [1.165, 1.54) is 11.3 Å². The van der Waals surface area contributed by atoms with E-state index >= 15 is 0 Å². The van der Waals surface area contributed by atoms with Gasteiger partial charge in [0.2, 0.25) is 17.6 Å². The summed E-state index contributed by atoms with van der Waals surface area (Å²) < 4.78 is 16.3. The molecule has 1 fully saturated rings. The van der Waals surface area contributed by atoms with Gasteiger partial charge in [0.25, 0.3) is 0 Å². The van der Waals surface area contributed by atoms with Gasteiger partial charge in [-0.25, -0.2) is 0 Å². The lowest BCUT2D eigenvalue weighted by molar-refractivity contribution is -0.139. The van der Waals surface area contributed by atoms with Crippen molar-refractivity contribution in [2.45, 2.75) is 52.6 Å². The molecule has 3 aromatic rings. The number of nitrogens with zero attached hydrogens (tertiary/aromatic N) is 4. The molecule has 1 aliphatic heterocycles. The van der Waals surface area contributed by atoms with Crippen molar-refractivity contribution in [2.75, 3.05) is 32.2 Å². The third kappa shape index (κ3) is 5.64. The summed E-state index contributed by atoms with van der Waals surface area (Å²) in [6, 6.07) is 14.1. The summed E-state index contributed by atoms with van der Waals surface area (Å²) in [5.41, 5.74) is 3.16. The van der Waals surface area contributed by atoms with Gasteiger partial charge in [-0.05, 0) is 63.4 Å². The molecule has 0 bridgehead atoms. The Morgan fingerprint density at radius 3 is 2.61 bits per heavy atom. The molecule has 8 nitrogen and oxygen atoms in total. The molecule has 2 atom stereocenters. The highest BCUT2D eigenvalue weighted by Crippen LogP contribution is 2.31. The maximum atomic E-state index is 13.7. The van der Waals surface area contributed by atoms with E-state index < -0.39 is 0 Å². The zero-order valence-electron chi connectivity index (χ0n) is 21.9. The van der Waals surface area contributed by atoms with E-state index in [1.807, 2.05) is 23.1 Å². The molecule has 0 spiro atoms. The maximum absolute atomic E-state index is 13.7. The Morgan fingerprint density at radius 1 is 1.17 bits per heavy atom. The summed E-state index contributed by atoms with van der Waals surface area (Å²) in [7, 11) is 3.18. The monoisotopic (exact) mass is 492 g/mol. The molecule has 1 amide bonds. The third-order valence-electron chi connectivity index (χ3n) is 6.99. The number of hydrogen-bond donors (Lipinski definition) is 0. The van der Waals surface area contributed by atoms with Crippen LogP contribution >= 0.6 is 0 Å². The van der Waals surface area contributed by atoms with Crippen molar-refractivity contribution in [3.05, 3.63) is 53.9 Å². The van der Waals surface area contributed by atoms with Crippen molar-refractivity contribution in [3.63, 3.8) is 0 Å². The Kier molecular flexibility index (Phi) is 8.13. The van der Waals surface area contributed by atoms with Crippen LogP contribution in [0.2, 0.25) is 0 Å². The highest BCUT2D eigenvalue weighted by Gasteiger charge is 2.32. The first-order valence-corrected chi connectivity index (χ1v) is 12.6. The Bertz CT molecular complexity index is 1160. The molecule has 192 valence electrons. The van der Waals surface area contributed by atoms with Crippen molar-refractivity contribution in [1.82, 2.24) is 15.0 Å². The lowest BCUT2D eigenvalue weighted by Crippen LogP contribution is -2.47. The standard InChI is InChI=1S/C28H36N4O4/c1-6-20(3)32(28(33)22-8-7-15-31(17-22)23-12-9-19(2)10-13-23)18-26-29-27(30-36-26)21-11-14-24(34-4)25(16-21)35-5/h9-14,16,20,22H,6-8,15,17-18H2,1-5H3. The number of amides is 1. The van der Waals surface area contributed by atoms with E-state index in [2.05, 4.69) is 60.1 Å². The number of aromatic nitrogens is 2. The molecular weight excluding hydrogens is 456 g/mol. The van der Waals surface area contributed by atoms with Gasteiger partial charge in [0.1, 0.15) is 6.54 Å². The Labute approximate surface area is 213 Å². The first kappa shape index (κ1) is 25.5. The molecule has 4 rings (SSSR count). The predicted octanol–water partition coefficient (Wildman–Crippen LogP) is 5.11. The van der Waals surface area contributed by atoms with Crippen molar-refractivity contribution in [2.24, 2.45) is 5.92 Å². The van der Waals surface area contributed by atoms with Crippen LogP contribution in [0.25, 0.3) is 11.4 Å². The minimum atomic E-state index is -0.0673. The molecule has 36 heavy (non-hydrogen) atoms. The summed E-state index contributed by atoms with van der Waals surface area (Å²) in [5.74, 6) is 2.17. The van der Waals surface area contributed by atoms with Crippen LogP contribution in [0.1, 0.15) is 44.6 Å². The summed E-state index contributed by atoms with van der Waals surface area (Å²) in [5, 5.41) is 4.16. The first-order valence-electron chi connectivity index (χ1n) is 12.6. The molecule has 0 aliphatic carbocycles. The Balaban J connectivity index is 1.50. The van der Waals surface area contributed by atoms with Crippen LogP contribution in [0.5, 0.6) is 11.5 Å². The van der Waals surface area contributed by atoms with Gasteiger partial charge >= 0.3 is 0 Å². The molecule has 2 heterocycles. The van der Waals surface area contributed by atoms with Gasteiger partial charge in [-0.3, -0.25) is 4.79 Å². The normalized spacial score (nSPS) is 16.5. The lowest BCUT2D eigenvalue weighted by atomic mass is 9.95. The number of carbonyl (C=O) groups is 1. The van der Waals surface area contributed by atoms with Gasteiger partial charge in [-0.2, -0.15) is 4.98 Å². The second-order valence-corrected chi connectivity index (χ2v) is 9.43. The molecular formula is C28H36N4O4. The quantitative estimate of drug-likeness (QED) is 0.411. The maximum Gasteiger partial charge on any atom is 0.246 e. The van der Waals surface area contributed by atoms with E-state index in [1.54, 1.807) is 14.2 Å². The molecule has 1 saturated heterocycles. The molecule has 0 saturated carbocycles. The van der Waals surface area contributed by atoms with Crippen LogP contribution in [-0.4, -0.2) is 54.3 Å². The van der Waals surface area contributed by atoms with E-state index in [4.69, 9.17) is 14.0 Å². The summed E-state index contributed by atoms with van der Waals surface area (Å²) in [6.07, 6.45) is 2.72. The van der Waals surface area contributed by atoms with Gasteiger partial charge < -0.3 is 23.8 Å². The Morgan fingerprint density at radius 2 is 1.92 bits per heavy atom. The molecule has 1 aromatic heterocycles. The van der Waals surface area contributed by atoms with Crippen molar-refractivity contribution >= 4 is 11.6 Å². The lowest BCUT2D eigenvalue weighted by Gasteiger charge is -2.37. The molecule has 0 N–H and O–H groups in total. The third-order valence-corrected chi connectivity index (χ3v) is 6.99. The fourth-order valence-electron chi connectivity index (χ4n) is 4.63. The number of anilines is 1. The topological polar surface area (TPSA) is 80.9 Å². The number of ether oxygens (including phenoxy) is 2. The van der Waals surface area contributed by atoms with Crippen molar-refractivity contribution in [3.8, 4) is 22.9 Å². The van der Waals surface area contributed by atoms with Crippen LogP contribution in [0.15, 0.2) is 47.0 Å². The van der Waals surface area contributed by atoms with Gasteiger partial charge in [0.05, 0.1) is 20.1 Å². The predicted molar refractivity (Wildman–Crippen MR) is 139 cm³/mol. The Hall–Kier alpha value is -3.55. The van der Waals surface area contributed by atoms with Crippen LogP contribution in [0.3, 0.4) is 0 Å². The number of piperidine rings is 1. The highest BCUT2D eigenvalue weighted by molar-refractivity contribution is 5.80. The molecule has 1 aliphatic rings. The van der Waals surface area contributed by atoms with E-state index in [0.717, 1.165) is 37.9 Å². The minimum absolute atomic E-state index is 0.0590. The van der Waals surface area contributed by atoms with Crippen LogP contribution in [-0.2, 0) is 11.3 Å². The van der Waals surface area contributed by atoms with Crippen molar-refractivity contribution < 1.29 is 18.8 Å². The van der Waals surface area contributed by atoms with Gasteiger partial charge in [-0.1, -0.05) is 29.8 Å². The number of rotatable bonds is 9. The van der Waals surface area contributed by atoms with Crippen LogP contribution in [0.4, 0.5) is 5.69 Å². The van der Waals surface area contributed by atoms with Gasteiger partial charge in [0, 0.05) is 30.4 Å². The first-order chi connectivity index (χ1) is 17.4. The largest absolute Gasteiger partial charge is 0.493 e. The zero-order chi connectivity index (χ0) is 25.7. The van der Waals surface area contributed by atoms with E-state index in [9.17, 15) is 4.79 Å². The smallest absolute Gasteiger partial charge is 0.246 e. The number of carbonyl (C=O) groups excluding carboxylic acids is 1. The fourth-order valence-corrected chi connectivity index (χ4v) is 4.63. The van der Waals surface area contributed by atoms with Crippen LogP contribution in [0, 0.1) is 12.8 Å². The van der Waals surface area contributed by atoms with Gasteiger partial charge in [-0.15, -0.1) is 0 Å². The molecule has 0 radical (unpaired) electrons. The average Bonchev–Trinajstić information content (AvgIpc) is 3.39. The summed E-state index contributed by atoms with van der Waals surface area (Å²) in [4.78, 5) is 22.6. The molecule has 2 aromatic carbocycles. The second-order valence-electron chi connectivity index (χ2n) is 9.43. The second kappa shape index (κ2) is 11.5. The van der Waals surface area contributed by atoms with Gasteiger partial charge in [0.15, 0.2) is 11.5 Å². The summed E-state index contributed by atoms with van der Waals surface area (Å²) in [6.45, 7) is 8.22. The number of benzene rings is 2. The number of hydrogen-bond acceptors (Lipinski definition) is 7. The minimum Gasteiger partial charge on any atom is -0.493 e.